The topological polar surface area (TPSA) is 35.6 Å². The number of piperidine rings is 2. The second-order valence-corrected chi connectivity index (χ2v) is 9.04. The van der Waals surface area contributed by atoms with Gasteiger partial charge in [-0.15, -0.1) is 0 Å². The van der Waals surface area contributed by atoms with E-state index < -0.39 is 0 Å². The molecule has 2 heterocycles. The van der Waals surface area contributed by atoms with E-state index in [0.29, 0.717) is 18.0 Å². The molecule has 3 fully saturated rings. The van der Waals surface area contributed by atoms with Crippen molar-refractivity contribution >= 4 is 5.91 Å². The molecule has 3 aliphatic rings. The summed E-state index contributed by atoms with van der Waals surface area (Å²) in [6.45, 7) is 9.95. The van der Waals surface area contributed by atoms with E-state index in [1.165, 1.54) is 68.4 Å². The van der Waals surface area contributed by atoms with E-state index in [2.05, 4.69) is 47.2 Å². The Morgan fingerprint density at radius 1 is 1.04 bits per heavy atom. The highest BCUT2D eigenvalue weighted by Gasteiger charge is 2.33. The van der Waals surface area contributed by atoms with Crippen LogP contribution in [0.5, 0.6) is 0 Å². The number of nitrogens with one attached hydrogen (secondary N) is 1. The van der Waals surface area contributed by atoms with E-state index in [4.69, 9.17) is 0 Å². The molecule has 1 aromatic carbocycles. The minimum absolute atomic E-state index is 0.216. The molecule has 2 saturated heterocycles. The van der Waals surface area contributed by atoms with Crippen LogP contribution in [-0.2, 0) is 11.3 Å². The Morgan fingerprint density at radius 2 is 1.81 bits per heavy atom. The first-order chi connectivity index (χ1) is 13.1. The lowest BCUT2D eigenvalue weighted by molar-refractivity contribution is -0.127. The molecule has 1 atom stereocenters. The van der Waals surface area contributed by atoms with Gasteiger partial charge >= 0.3 is 0 Å². The van der Waals surface area contributed by atoms with Gasteiger partial charge in [0.2, 0.25) is 5.91 Å². The number of carbonyl (C=O) groups excluding carboxylic acids is 1. The maximum Gasteiger partial charge on any atom is 0.224 e. The summed E-state index contributed by atoms with van der Waals surface area (Å²) in [7, 11) is 0. The summed E-state index contributed by atoms with van der Waals surface area (Å²) in [4.78, 5) is 17.7. The standard InChI is InChI=1S/C23H35N3O/c1-17-5-6-19(14-18(17)2)15-25-12-9-22(10-13-25)26-11-3-4-20(16-26)23(27)24-21-7-8-21/h5-6,14,20-22H,3-4,7-13,15-16H2,1-2H3,(H,24,27). The molecule has 1 N–H and O–H groups in total. The molecule has 4 nitrogen and oxygen atoms in total. The maximum atomic E-state index is 12.4. The van der Waals surface area contributed by atoms with Crippen LogP contribution in [0.3, 0.4) is 0 Å². The Balaban J connectivity index is 1.25. The van der Waals surface area contributed by atoms with E-state index in [9.17, 15) is 4.79 Å². The molecular formula is C23H35N3O. The van der Waals surface area contributed by atoms with Crippen LogP contribution in [0.2, 0.25) is 0 Å². The predicted molar refractivity (Wildman–Crippen MR) is 110 cm³/mol. The Kier molecular flexibility index (Phi) is 5.84. The zero-order valence-corrected chi connectivity index (χ0v) is 17.0. The number of benzene rings is 1. The molecule has 1 aromatic rings. The van der Waals surface area contributed by atoms with E-state index >= 15 is 0 Å². The first kappa shape index (κ1) is 18.9. The molecule has 2 aliphatic heterocycles. The first-order valence-electron chi connectivity index (χ1n) is 10.9. The number of nitrogens with zero attached hydrogens (tertiary/aromatic N) is 2. The van der Waals surface area contributed by atoms with Crippen molar-refractivity contribution in [2.75, 3.05) is 26.2 Å². The fraction of sp³-hybridized carbons (Fsp3) is 0.696. The molecule has 1 amide bonds. The summed E-state index contributed by atoms with van der Waals surface area (Å²) in [6, 6.07) is 8.02. The van der Waals surface area contributed by atoms with Gasteiger partial charge in [-0.2, -0.15) is 0 Å². The molecule has 1 saturated carbocycles. The number of likely N-dealkylation sites (tertiary alicyclic amines) is 2. The third-order valence-corrected chi connectivity index (χ3v) is 6.80. The zero-order valence-electron chi connectivity index (χ0n) is 17.0. The van der Waals surface area contributed by atoms with Crippen molar-refractivity contribution in [3.63, 3.8) is 0 Å². The van der Waals surface area contributed by atoms with Gasteiger partial charge in [-0.1, -0.05) is 18.2 Å². The Morgan fingerprint density at radius 3 is 2.52 bits per heavy atom. The molecule has 27 heavy (non-hydrogen) atoms. The third kappa shape index (κ3) is 4.91. The molecular weight excluding hydrogens is 334 g/mol. The van der Waals surface area contributed by atoms with Crippen LogP contribution >= 0.6 is 0 Å². The van der Waals surface area contributed by atoms with Gasteiger partial charge in [0, 0.05) is 25.2 Å². The largest absolute Gasteiger partial charge is 0.353 e. The Labute approximate surface area is 164 Å². The van der Waals surface area contributed by atoms with Crippen molar-refractivity contribution in [1.29, 1.82) is 0 Å². The Hall–Kier alpha value is -1.39. The van der Waals surface area contributed by atoms with Gasteiger partial charge < -0.3 is 5.32 Å². The van der Waals surface area contributed by atoms with Crippen molar-refractivity contribution in [2.24, 2.45) is 5.92 Å². The van der Waals surface area contributed by atoms with Crippen molar-refractivity contribution in [1.82, 2.24) is 15.1 Å². The van der Waals surface area contributed by atoms with Gasteiger partial charge in [-0.3, -0.25) is 14.6 Å². The maximum absolute atomic E-state index is 12.4. The van der Waals surface area contributed by atoms with Crippen molar-refractivity contribution in [2.45, 2.75) is 71.0 Å². The van der Waals surface area contributed by atoms with Crippen LogP contribution < -0.4 is 5.32 Å². The Bertz CT molecular complexity index is 662. The number of hydrogen-bond donors (Lipinski definition) is 1. The average molecular weight is 370 g/mol. The van der Waals surface area contributed by atoms with Crippen LogP contribution in [0.25, 0.3) is 0 Å². The molecule has 1 aliphatic carbocycles. The van der Waals surface area contributed by atoms with Crippen molar-refractivity contribution in [3.05, 3.63) is 34.9 Å². The minimum Gasteiger partial charge on any atom is -0.353 e. The van der Waals surface area contributed by atoms with Crippen LogP contribution in [0, 0.1) is 19.8 Å². The molecule has 4 rings (SSSR count). The molecule has 0 radical (unpaired) electrons. The van der Waals surface area contributed by atoms with Gasteiger partial charge in [0.15, 0.2) is 0 Å². The molecule has 1 unspecified atom stereocenters. The van der Waals surface area contributed by atoms with Gasteiger partial charge in [0.25, 0.3) is 0 Å². The minimum atomic E-state index is 0.216. The molecule has 0 aromatic heterocycles. The molecule has 0 bridgehead atoms. The number of amides is 1. The molecule has 4 heteroatoms. The predicted octanol–water partition coefficient (Wildman–Crippen LogP) is 3.26. The monoisotopic (exact) mass is 369 g/mol. The highest BCUT2D eigenvalue weighted by molar-refractivity contribution is 5.79. The lowest BCUT2D eigenvalue weighted by atomic mass is 9.93. The van der Waals surface area contributed by atoms with E-state index in [-0.39, 0.29) is 5.92 Å². The van der Waals surface area contributed by atoms with Crippen molar-refractivity contribution < 1.29 is 4.79 Å². The van der Waals surface area contributed by atoms with Gasteiger partial charge in [0.05, 0.1) is 5.92 Å². The summed E-state index contributed by atoms with van der Waals surface area (Å²) >= 11 is 0. The number of hydrogen-bond acceptors (Lipinski definition) is 3. The summed E-state index contributed by atoms with van der Waals surface area (Å²) in [5, 5.41) is 3.22. The highest BCUT2D eigenvalue weighted by atomic mass is 16.2. The smallest absolute Gasteiger partial charge is 0.224 e. The third-order valence-electron chi connectivity index (χ3n) is 6.80. The number of aryl methyl sites for hydroxylation is 2. The van der Waals surface area contributed by atoms with Crippen LogP contribution in [0.15, 0.2) is 18.2 Å². The highest BCUT2D eigenvalue weighted by Crippen LogP contribution is 2.26. The van der Waals surface area contributed by atoms with E-state index in [1.807, 2.05) is 0 Å². The number of carbonyl (C=O) groups is 1. The molecule has 0 spiro atoms. The lowest BCUT2D eigenvalue weighted by Crippen LogP contribution is -2.50. The SMILES string of the molecule is Cc1ccc(CN2CCC(N3CCCC(C(=O)NC4CC4)C3)CC2)cc1C. The van der Waals surface area contributed by atoms with Crippen molar-refractivity contribution in [3.8, 4) is 0 Å². The van der Waals surface area contributed by atoms with Crippen LogP contribution in [0.1, 0.15) is 55.2 Å². The summed E-state index contributed by atoms with van der Waals surface area (Å²) in [5.41, 5.74) is 4.21. The van der Waals surface area contributed by atoms with E-state index in [1.54, 1.807) is 0 Å². The van der Waals surface area contributed by atoms with Gasteiger partial charge in [0.1, 0.15) is 0 Å². The normalized spacial score (nSPS) is 25.5. The quantitative estimate of drug-likeness (QED) is 0.865. The zero-order chi connectivity index (χ0) is 18.8. The summed E-state index contributed by atoms with van der Waals surface area (Å²) < 4.78 is 0. The van der Waals surface area contributed by atoms with Gasteiger partial charge in [-0.05, 0) is 88.7 Å². The van der Waals surface area contributed by atoms with Crippen LogP contribution in [-0.4, -0.2) is 54.0 Å². The fourth-order valence-corrected chi connectivity index (χ4v) is 4.70. The lowest BCUT2D eigenvalue weighted by Gasteiger charge is -2.42. The second kappa shape index (κ2) is 8.32. The average Bonchev–Trinajstić information content (AvgIpc) is 3.49. The second-order valence-electron chi connectivity index (χ2n) is 9.04. The molecule has 148 valence electrons. The van der Waals surface area contributed by atoms with E-state index in [0.717, 1.165) is 19.5 Å². The van der Waals surface area contributed by atoms with Gasteiger partial charge in [-0.25, -0.2) is 0 Å². The summed E-state index contributed by atoms with van der Waals surface area (Å²) in [5.74, 6) is 0.530. The van der Waals surface area contributed by atoms with Crippen LogP contribution in [0.4, 0.5) is 0 Å². The summed E-state index contributed by atoms with van der Waals surface area (Å²) in [6.07, 6.45) is 7.08. The first-order valence-corrected chi connectivity index (χ1v) is 10.9. The number of rotatable bonds is 5. The fourth-order valence-electron chi connectivity index (χ4n) is 4.70.